The molecule has 4 rings (SSSR count). The van der Waals surface area contributed by atoms with Gasteiger partial charge < -0.3 is 39.1 Å². The average Bonchev–Trinajstić information content (AvgIpc) is 2.85. The van der Waals surface area contributed by atoms with Crippen LogP contribution in [0, 0.1) is 5.92 Å². The molecule has 0 bridgehead atoms. The van der Waals surface area contributed by atoms with E-state index in [1.165, 1.54) is 31.2 Å². The first-order chi connectivity index (χ1) is 18.5. The molecule has 1 aliphatic rings. The van der Waals surface area contributed by atoms with Crippen LogP contribution < -0.4 is 10.2 Å². The zero-order valence-electron chi connectivity index (χ0n) is 21.6. The first-order valence-corrected chi connectivity index (χ1v) is 12.5. The Morgan fingerprint density at radius 2 is 1.62 bits per heavy atom. The highest BCUT2D eigenvalue weighted by Gasteiger charge is 2.49. The molecule has 2 aromatic carbocycles. The molecule has 5 atom stereocenters. The summed E-state index contributed by atoms with van der Waals surface area (Å²) >= 11 is 0. The van der Waals surface area contributed by atoms with E-state index in [2.05, 4.69) is 0 Å². The molecule has 3 aromatic rings. The number of aliphatic hydroxyl groups is 1. The molecule has 1 aliphatic carbocycles. The van der Waals surface area contributed by atoms with Crippen molar-refractivity contribution in [3.8, 4) is 34.3 Å². The summed E-state index contributed by atoms with van der Waals surface area (Å²) in [4.78, 5) is 37.5. The fourth-order valence-corrected chi connectivity index (χ4v) is 5.04. The second-order valence-corrected chi connectivity index (χ2v) is 9.55. The number of phenolic OH excluding ortho intramolecular Hbond substituents is 3. The van der Waals surface area contributed by atoms with Gasteiger partial charge in [-0.05, 0) is 37.1 Å². The van der Waals surface area contributed by atoms with Crippen LogP contribution in [0.5, 0.6) is 23.0 Å². The van der Waals surface area contributed by atoms with Crippen LogP contribution in [0.4, 0.5) is 0 Å². The smallest absolute Gasteiger partial charge is 0.303 e. The lowest BCUT2D eigenvalue weighted by Gasteiger charge is -2.43. The Labute approximate surface area is 223 Å². The molecule has 0 saturated heterocycles. The van der Waals surface area contributed by atoms with E-state index in [-0.39, 0.29) is 46.3 Å². The molecule has 0 aliphatic heterocycles. The molecule has 0 radical (unpaired) electrons. The number of hydrogen-bond acceptors (Lipinski definition) is 11. The lowest BCUT2D eigenvalue weighted by Crippen LogP contribution is -2.58. The van der Waals surface area contributed by atoms with Crippen LogP contribution in [0.25, 0.3) is 22.3 Å². The Morgan fingerprint density at radius 3 is 2.23 bits per heavy atom. The molecule has 0 unspecified atom stereocenters. The van der Waals surface area contributed by atoms with Crippen molar-refractivity contribution >= 4 is 22.9 Å². The van der Waals surface area contributed by atoms with E-state index in [4.69, 9.17) is 18.6 Å². The molecule has 1 aromatic heterocycles. The number of phenols is 3. The minimum atomic E-state index is -1.46. The van der Waals surface area contributed by atoms with Crippen LogP contribution in [0.3, 0.4) is 0 Å². The van der Waals surface area contributed by atoms with Gasteiger partial charge in [0, 0.05) is 37.5 Å². The summed E-state index contributed by atoms with van der Waals surface area (Å²) in [5.41, 5.74) is -0.568. The molecule has 0 amide bonds. The van der Waals surface area contributed by atoms with Crippen molar-refractivity contribution in [2.75, 3.05) is 0 Å². The molecule has 11 heteroatoms. The van der Waals surface area contributed by atoms with E-state index in [1.807, 2.05) is 6.92 Å². The number of ether oxygens (including phenoxy) is 3. The lowest BCUT2D eigenvalue weighted by molar-refractivity contribution is -0.198. The number of carbonyl (C=O) groups excluding carboxylic acids is 2. The lowest BCUT2D eigenvalue weighted by atomic mass is 9.78. The highest BCUT2D eigenvalue weighted by molar-refractivity contribution is 5.88. The van der Waals surface area contributed by atoms with E-state index in [0.717, 1.165) is 19.1 Å². The van der Waals surface area contributed by atoms with Crippen LogP contribution >= 0.6 is 0 Å². The summed E-state index contributed by atoms with van der Waals surface area (Å²) in [6, 6.07) is 7.84. The van der Waals surface area contributed by atoms with Gasteiger partial charge in [-0.1, -0.05) is 13.3 Å². The minimum Gasteiger partial charge on any atom is -0.508 e. The predicted octanol–water partition coefficient (Wildman–Crippen LogP) is 3.37. The zero-order chi connectivity index (χ0) is 28.4. The first kappa shape index (κ1) is 27.8. The molecular weight excluding hydrogens is 512 g/mol. The van der Waals surface area contributed by atoms with Gasteiger partial charge in [-0.2, -0.15) is 0 Å². The van der Waals surface area contributed by atoms with Gasteiger partial charge in [-0.3, -0.25) is 14.4 Å². The predicted molar refractivity (Wildman–Crippen MR) is 137 cm³/mol. The fourth-order valence-electron chi connectivity index (χ4n) is 5.04. The van der Waals surface area contributed by atoms with Crippen molar-refractivity contribution in [1.29, 1.82) is 0 Å². The Balaban J connectivity index is 1.87. The number of rotatable bonds is 7. The number of hydrogen-bond donors (Lipinski definition) is 4. The topological polar surface area (TPSA) is 173 Å². The number of aromatic hydroxyl groups is 3. The molecule has 208 valence electrons. The molecule has 4 N–H and O–H groups in total. The Kier molecular flexibility index (Phi) is 8.01. The highest BCUT2D eigenvalue weighted by atomic mass is 16.6. The van der Waals surface area contributed by atoms with E-state index >= 15 is 0 Å². The first-order valence-electron chi connectivity index (χ1n) is 12.5. The third-order valence-electron chi connectivity index (χ3n) is 6.62. The second-order valence-electron chi connectivity index (χ2n) is 9.55. The summed E-state index contributed by atoms with van der Waals surface area (Å²) in [7, 11) is 0. The Bertz CT molecular complexity index is 1430. The molecule has 1 heterocycles. The Hall–Kier alpha value is -4.25. The average molecular weight is 543 g/mol. The quantitative estimate of drug-likeness (QED) is 0.322. The number of benzene rings is 2. The summed E-state index contributed by atoms with van der Waals surface area (Å²) < 4.78 is 22.9. The van der Waals surface area contributed by atoms with Crippen LogP contribution in [-0.4, -0.2) is 56.8 Å². The van der Waals surface area contributed by atoms with Gasteiger partial charge in [0.25, 0.3) is 0 Å². The van der Waals surface area contributed by atoms with Crippen LogP contribution in [0.1, 0.15) is 40.0 Å². The van der Waals surface area contributed by atoms with Crippen molar-refractivity contribution < 1.29 is 48.6 Å². The van der Waals surface area contributed by atoms with Gasteiger partial charge in [-0.25, -0.2) is 0 Å². The number of carbonyl (C=O) groups is 2. The van der Waals surface area contributed by atoms with Crippen LogP contribution in [-0.2, 0) is 19.1 Å². The molecule has 1 saturated carbocycles. The highest BCUT2D eigenvalue weighted by Crippen LogP contribution is 2.40. The molecule has 1 fully saturated rings. The maximum Gasteiger partial charge on any atom is 0.303 e. The van der Waals surface area contributed by atoms with Gasteiger partial charge in [0.05, 0.1) is 0 Å². The van der Waals surface area contributed by atoms with Gasteiger partial charge in [-0.15, -0.1) is 0 Å². The molecule has 39 heavy (non-hydrogen) atoms. The van der Waals surface area contributed by atoms with Crippen molar-refractivity contribution in [3.63, 3.8) is 0 Å². The number of fused-ring (bicyclic) bond motifs is 1. The maximum atomic E-state index is 13.7. The van der Waals surface area contributed by atoms with Crippen LogP contribution in [0.2, 0.25) is 0 Å². The van der Waals surface area contributed by atoms with Crippen molar-refractivity contribution in [2.24, 2.45) is 5.92 Å². The van der Waals surface area contributed by atoms with E-state index in [0.29, 0.717) is 18.4 Å². The molecule has 0 spiro atoms. The second kappa shape index (κ2) is 11.2. The third-order valence-corrected chi connectivity index (χ3v) is 6.62. The Morgan fingerprint density at radius 1 is 0.974 bits per heavy atom. The SMILES string of the molecule is CCC[C@@H]1C[C@@H](Oc2c(-c3ccc(O)cc3)oc3cc(O)cc(O)c3c2=O)[C@H](OC(C)=O)[C@H](O)[C@H]1OC(C)=O. The van der Waals surface area contributed by atoms with Crippen molar-refractivity contribution in [3.05, 3.63) is 46.6 Å². The summed E-state index contributed by atoms with van der Waals surface area (Å²) in [6.45, 7) is 4.29. The third kappa shape index (κ3) is 5.78. The summed E-state index contributed by atoms with van der Waals surface area (Å²) in [5.74, 6) is -3.06. The van der Waals surface area contributed by atoms with Gasteiger partial charge >= 0.3 is 11.9 Å². The number of esters is 2. The number of aliphatic hydroxyl groups excluding tert-OH is 1. The van der Waals surface area contributed by atoms with E-state index in [9.17, 15) is 34.8 Å². The molecule has 11 nitrogen and oxygen atoms in total. The van der Waals surface area contributed by atoms with Crippen LogP contribution in [0.15, 0.2) is 45.6 Å². The largest absolute Gasteiger partial charge is 0.508 e. The standard InChI is InChI=1S/C28H30O11/c1-4-5-16-10-21(27(37-14(3)30)24(35)25(16)36-13(2)29)39-28-23(34)22-19(33)11-18(32)12-20(22)38-26(28)15-6-8-17(31)9-7-15/h6-9,11-12,16,21,24-25,27,31-33,35H,4-5,10H2,1-3H3/t16-,21-,24-,25+,27+/m1/s1. The summed E-state index contributed by atoms with van der Waals surface area (Å²) in [6.07, 6.45) is -3.42. The maximum absolute atomic E-state index is 13.7. The fraction of sp³-hybridized carbons (Fsp3) is 0.393. The van der Waals surface area contributed by atoms with E-state index < -0.39 is 47.5 Å². The summed E-state index contributed by atoms with van der Waals surface area (Å²) in [5, 5.41) is 41.0. The minimum absolute atomic E-state index is 0.0381. The monoisotopic (exact) mass is 542 g/mol. The van der Waals surface area contributed by atoms with Gasteiger partial charge in [0.15, 0.2) is 11.9 Å². The zero-order valence-corrected chi connectivity index (χ0v) is 21.6. The van der Waals surface area contributed by atoms with Gasteiger partial charge in [0.2, 0.25) is 11.2 Å². The van der Waals surface area contributed by atoms with E-state index in [1.54, 1.807) is 0 Å². The van der Waals surface area contributed by atoms with Crippen molar-refractivity contribution in [1.82, 2.24) is 0 Å². The van der Waals surface area contributed by atoms with Gasteiger partial charge in [0.1, 0.15) is 46.5 Å². The van der Waals surface area contributed by atoms with Crippen molar-refractivity contribution in [2.45, 2.75) is 64.4 Å². The molecular formula is C28H30O11. The normalized spacial score (nSPS) is 22.8.